The summed E-state index contributed by atoms with van der Waals surface area (Å²) in [6, 6.07) is 2.87. The van der Waals surface area contributed by atoms with Crippen LogP contribution in [0.25, 0.3) is 0 Å². The summed E-state index contributed by atoms with van der Waals surface area (Å²) in [5, 5.41) is 2.82. The number of nitrogens with one attached hydrogen (secondary N) is 1. The molecule has 1 aromatic rings. The first-order chi connectivity index (χ1) is 9.84. The molecule has 0 heterocycles. The number of nitrogens with zero attached hydrogens (tertiary/aromatic N) is 1. The van der Waals surface area contributed by atoms with Gasteiger partial charge in [-0.15, -0.1) is 6.58 Å². The summed E-state index contributed by atoms with van der Waals surface area (Å²) < 4.78 is 41.1. The van der Waals surface area contributed by atoms with Crippen LogP contribution in [0.2, 0.25) is 0 Å². The molecule has 0 amide bonds. The molecular formula is C14H20BrFN2O2S. The highest BCUT2D eigenvalue weighted by Gasteiger charge is 2.26. The van der Waals surface area contributed by atoms with Crippen molar-refractivity contribution in [2.24, 2.45) is 0 Å². The molecule has 1 aromatic carbocycles. The third kappa shape index (κ3) is 4.60. The summed E-state index contributed by atoms with van der Waals surface area (Å²) in [5.74, 6) is -0.705. The molecule has 0 saturated heterocycles. The van der Waals surface area contributed by atoms with Gasteiger partial charge in [-0.05, 0) is 32.0 Å². The second-order valence-corrected chi connectivity index (χ2v) is 7.59. The lowest BCUT2D eigenvalue weighted by molar-refractivity contribution is 0.455. The molecule has 0 spiro atoms. The molecule has 0 aliphatic carbocycles. The molecule has 1 rings (SSSR count). The van der Waals surface area contributed by atoms with Gasteiger partial charge in [0.15, 0.2) is 0 Å². The van der Waals surface area contributed by atoms with Crippen LogP contribution in [-0.4, -0.2) is 33.4 Å². The Balaban J connectivity index is 3.15. The zero-order valence-corrected chi connectivity index (χ0v) is 14.6. The van der Waals surface area contributed by atoms with E-state index in [2.05, 4.69) is 27.8 Å². The minimum absolute atomic E-state index is 0.258. The van der Waals surface area contributed by atoms with Crippen molar-refractivity contribution in [1.29, 1.82) is 0 Å². The fourth-order valence-corrected chi connectivity index (χ4v) is 3.87. The van der Waals surface area contributed by atoms with Crippen LogP contribution in [0, 0.1) is 5.82 Å². The van der Waals surface area contributed by atoms with Gasteiger partial charge in [-0.1, -0.05) is 22.0 Å². The Kier molecular flexibility index (Phi) is 6.99. The van der Waals surface area contributed by atoms with E-state index in [0.717, 1.165) is 0 Å². The lowest BCUT2D eigenvalue weighted by Gasteiger charge is -2.18. The van der Waals surface area contributed by atoms with Crippen molar-refractivity contribution in [3.8, 4) is 0 Å². The molecule has 0 aliphatic heterocycles. The van der Waals surface area contributed by atoms with Crippen LogP contribution >= 0.6 is 15.9 Å². The first-order valence-corrected chi connectivity index (χ1v) is 8.77. The lowest BCUT2D eigenvalue weighted by atomic mass is 10.2. The van der Waals surface area contributed by atoms with Gasteiger partial charge in [0.05, 0.1) is 0 Å². The highest BCUT2D eigenvalue weighted by atomic mass is 79.9. The van der Waals surface area contributed by atoms with Gasteiger partial charge < -0.3 is 5.32 Å². The van der Waals surface area contributed by atoms with Gasteiger partial charge in [0.25, 0.3) is 0 Å². The average molecular weight is 379 g/mol. The van der Waals surface area contributed by atoms with Crippen molar-refractivity contribution < 1.29 is 12.8 Å². The molecule has 0 aromatic heterocycles. The number of hydrogen-bond donors (Lipinski definition) is 1. The van der Waals surface area contributed by atoms with Crippen LogP contribution in [0.1, 0.15) is 18.4 Å². The molecule has 0 fully saturated rings. The summed E-state index contributed by atoms with van der Waals surface area (Å²) >= 11 is 3.23. The van der Waals surface area contributed by atoms with Gasteiger partial charge in [-0.2, -0.15) is 0 Å². The van der Waals surface area contributed by atoms with Gasteiger partial charge in [-0.3, -0.25) is 0 Å². The zero-order chi connectivity index (χ0) is 16.0. The van der Waals surface area contributed by atoms with Crippen LogP contribution in [0.5, 0.6) is 0 Å². The maximum Gasteiger partial charge on any atom is 0.245 e. The molecule has 0 aliphatic rings. The molecule has 4 nitrogen and oxygen atoms in total. The van der Waals surface area contributed by atoms with Crippen molar-refractivity contribution in [2.45, 2.75) is 24.3 Å². The molecule has 1 N–H and O–H groups in total. The number of benzene rings is 1. The summed E-state index contributed by atoms with van der Waals surface area (Å²) in [6.45, 7) is 4.17. The first kappa shape index (κ1) is 18.3. The topological polar surface area (TPSA) is 49.4 Å². The van der Waals surface area contributed by atoms with Crippen LogP contribution < -0.4 is 5.32 Å². The molecular weight excluding hydrogens is 359 g/mol. The van der Waals surface area contributed by atoms with Crippen molar-refractivity contribution in [2.75, 3.05) is 20.6 Å². The van der Waals surface area contributed by atoms with Gasteiger partial charge in [0.2, 0.25) is 10.0 Å². The van der Waals surface area contributed by atoms with Crippen molar-refractivity contribution in [3.63, 3.8) is 0 Å². The number of allylic oxidation sites excluding steroid dienone is 1. The highest BCUT2D eigenvalue weighted by molar-refractivity contribution is 9.10. The van der Waals surface area contributed by atoms with E-state index < -0.39 is 15.8 Å². The number of unbranched alkanes of at least 4 members (excludes halogenated alkanes) is 1. The molecule has 0 saturated carbocycles. The molecule has 118 valence electrons. The van der Waals surface area contributed by atoms with E-state index in [1.165, 1.54) is 17.4 Å². The molecule has 7 heteroatoms. The fourth-order valence-electron chi connectivity index (χ4n) is 1.87. The zero-order valence-electron chi connectivity index (χ0n) is 12.2. The smallest absolute Gasteiger partial charge is 0.245 e. The van der Waals surface area contributed by atoms with Crippen molar-refractivity contribution in [3.05, 3.63) is 40.6 Å². The Labute approximate surface area is 134 Å². The van der Waals surface area contributed by atoms with Gasteiger partial charge in [0, 0.05) is 30.2 Å². The van der Waals surface area contributed by atoms with Crippen LogP contribution in [0.3, 0.4) is 0 Å². The maximum atomic E-state index is 14.4. The van der Waals surface area contributed by atoms with Gasteiger partial charge >= 0.3 is 0 Å². The molecule has 21 heavy (non-hydrogen) atoms. The van der Waals surface area contributed by atoms with E-state index in [1.54, 1.807) is 19.2 Å². The van der Waals surface area contributed by atoms with E-state index in [4.69, 9.17) is 0 Å². The van der Waals surface area contributed by atoms with Gasteiger partial charge in [-0.25, -0.2) is 17.1 Å². The third-order valence-corrected chi connectivity index (χ3v) is 5.33. The maximum absolute atomic E-state index is 14.4. The summed E-state index contributed by atoms with van der Waals surface area (Å²) in [6.07, 6.45) is 3.09. The predicted octanol–water partition coefficient (Wildman–Crippen LogP) is 2.89. The van der Waals surface area contributed by atoms with E-state index in [0.29, 0.717) is 29.4 Å². The Morgan fingerprint density at radius 1 is 1.48 bits per heavy atom. The number of hydrogen-bond acceptors (Lipinski definition) is 3. The third-order valence-electron chi connectivity index (χ3n) is 3.02. The van der Waals surface area contributed by atoms with Crippen LogP contribution in [0.4, 0.5) is 4.39 Å². The minimum Gasteiger partial charge on any atom is -0.316 e. The Morgan fingerprint density at radius 2 is 2.14 bits per heavy atom. The Bertz CT molecular complexity index is 605. The Hall–Kier alpha value is -0.760. The standard InChI is InChI=1S/C14H20BrFN2O2S/c1-4-5-6-7-18(3)21(19,20)13-9-12(15)8-11(10-17-2)14(13)16/h4,8-9,17H,1,5-7,10H2,2-3H3. The molecule has 0 unspecified atom stereocenters. The average Bonchev–Trinajstić information content (AvgIpc) is 2.42. The first-order valence-electron chi connectivity index (χ1n) is 6.54. The Morgan fingerprint density at radius 3 is 2.71 bits per heavy atom. The fraction of sp³-hybridized carbons (Fsp3) is 0.429. The molecule has 0 bridgehead atoms. The number of halogens is 2. The van der Waals surface area contributed by atoms with E-state index >= 15 is 0 Å². The minimum atomic E-state index is -3.85. The summed E-state index contributed by atoms with van der Waals surface area (Å²) in [5.41, 5.74) is 0.310. The molecule has 0 radical (unpaired) electrons. The molecule has 0 atom stereocenters. The second kappa shape index (κ2) is 8.03. The number of rotatable bonds is 8. The number of sulfonamides is 1. The van der Waals surface area contributed by atoms with E-state index in [9.17, 15) is 12.8 Å². The van der Waals surface area contributed by atoms with E-state index in [-0.39, 0.29) is 11.4 Å². The monoisotopic (exact) mass is 378 g/mol. The highest BCUT2D eigenvalue weighted by Crippen LogP contribution is 2.26. The largest absolute Gasteiger partial charge is 0.316 e. The summed E-state index contributed by atoms with van der Waals surface area (Å²) in [7, 11) is -0.716. The lowest BCUT2D eigenvalue weighted by Crippen LogP contribution is -2.29. The second-order valence-electron chi connectivity index (χ2n) is 4.66. The SMILES string of the molecule is C=CCCCN(C)S(=O)(=O)c1cc(Br)cc(CNC)c1F. The van der Waals surface area contributed by atoms with Crippen molar-refractivity contribution in [1.82, 2.24) is 9.62 Å². The summed E-state index contributed by atoms with van der Waals surface area (Å²) in [4.78, 5) is -0.303. The normalized spacial score (nSPS) is 11.9. The van der Waals surface area contributed by atoms with E-state index in [1.807, 2.05) is 0 Å². The van der Waals surface area contributed by atoms with Gasteiger partial charge in [0.1, 0.15) is 10.7 Å². The van der Waals surface area contributed by atoms with Crippen LogP contribution in [-0.2, 0) is 16.6 Å². The quantitative estimate of drug-likeness (QED) is 0.558. The van der Waals surface area contributed by atoms with Crippen molar-refractivity contribution >= 4 is 26.0 Å². The predicted molar refractivity (Wildman–Crippen MR) is 86.1 cm³/mol. The van der Waals surface area contributed by atoms with Crippen LogP contribution in [0.15, 0.2) is 34.2 Å².